The molecule has 1 aromatic rings. The molecule has 96 valence electrons. The van der Waals surface area contributed by atoms with Crippen LogP contribution >= 0.6 is 0 Å². The van der Waals surface area contributed by atoms with E-state index in [0.29, 0.717) is 0 Å². The van der Waals surface area contributed by atoms with Crippen molar-refractivity contribution in [2.24, 2.45) is 0 Å². The van der Waals surface area contributed by atoms with Gasteiger partial charge in [-0.3, -0.25) is 0 Å². The molecule has 0 aromatic heterocycles. The zero-order chi connectivity index (χ0) is 12.8. The van der Waals surface area contributed by atoms with Gasteiger partial charge < -0.3 is 14.7 Å². The van der Waals surface area contributed by atoms with E-state index in [1.807, 2.05) is 6.07 Å². The Hall–Kier alpha value is -1.22. The summed E-state index contributed by atoms with van der Waals surface area (Å²) >= 11 is 0. The average Bonchev–Trinajstić information content (AvgIpc) is 2.32. The Kier molecular flexibility index (Phi) is 5.29. The molecular formula is C14H23NO2. The van der Waals surface area contributed by atoms with Gasteiger partial charge in [0.15, 0.2) is 0 Å². The van der Waals surface area contributed by atoms with Crippen molar-refractivity contribution in [1.29, 1.82) is 0 Å². The molecule has 3 nitrogen and oxygen atoms in total. The van der Waals surface area contributed by atoms with E-state index >= 15 is 0 Å². The first-order chi connectivity index (χ1) is 8.11. The highest BCUT2D eigenvalue weighted by Crippen LogP contribution is 2.29. The number of unbranched alkanes of at least 4 members (excludes halogenated alkanes) is 1. The van der Waals surface area contributed by atoms with Crippen molar-refractivity contribution < 1.29 is 9.84 Å². The molecule has 3 heteroatoms. The molecule has 0 unspecified atom stereocenters. The Morgan fingerprint density at radius 2 is 1.88 bits per heavy atom. The molecule has 1 N–H and O–H groups in total. The van der Waals surface area contributed by atoms with E-state index in [1.54, 1.807) is 7.11 Å². The summed E-state index contributed by atoms with van der Waals surface area (Å²) in [4.78, 5) is 2.23. The molecule has 0 saturated heterocycles. The van der Waals surface area contributed by atoms with Crippen LogP contribution in [0.4, 0.5) is 5.69 Å². The maximum absolute atomic E-state index is 8.78. The third kappa shape index (κ3) is 3.37. The fourth-order valence-corrected chi connectivity index (χ4v) is 2.00. The quantitative estimate of drug-likeness (QED) is 0.772. The highest BCUT2D eigenvalue weighted by Gasteiger charge is 2.09. The van der Waals surface area contributed by atoms with E-state index in [4.69, 9.17) is 9.84 Å². The number of rotatable bonds is 6. The lowest BCUT2D eigenvalue weighted by Crippen LogP contribution is -2.20. The normalized spacial score (nSPS) is 10.4. The monoisotopic (exact) mass is 237 g/mol. The maximum atomic E-state index is 8.78. The fraction of sp³-hybridized carbons (Fsp3) is 0.571. The van der Waals surface area contributed by atoms with Crippen LogP contribution in [0.2, 0.25) is 0 Å². The van der Waals surface area contributed by atoms with Crippen molar-refractivity contribution in [3.63, 3.8) is 0 Å². The molecule has 1 rings (SSSR count). The Labute approximate surface area is 104 Å². The van der Waals surface area contributed by atoms with E-state index < -0.39 is 0 Å². The van der Waals surface area contributed by atoms with Crippen LogP contribution in [0.15, 0.2) is 12.1 Å². The molecule has 0 aliphatic rings. The first kappa shape index (κ1) is 13.8. The Morgan fingerprint density at radius 1 is 1.18 bits per heavy atom. The van der Waals surface area contributed by atoms with E-state index in [1.165, 1.54) is 16.8 Å². The van der Waals surface area contributed by atoms with Gasteiger partial charge in [-0.1, -0.05) is 0 Å². The number of hydrogen-bond acceptors (Lipinski definition) is 3. The topological polar surface area (TPSA) is 32.7 Å². The second-order valence-corrected chi connectivity index (χ2v) is 4.39. The van der Waals surface area contributed by atoms with E-state index in [9.17, 15) is 0 Å². The summed E-state index contributed by atoms with van der Waals surface area (Å²) in [5, 5.41) is 8.78. The number of anilines is 1. The van der Waals surface area contributed by atoms with Gasteiger partial charge in [-0.2, -0.15) is 0 Å². The molecule has 1 aromatic carbocycles. The minimum absolute atomic E-state index is 0.272. The summed E-state index contributed by atoms with van der Waals surface area (Å²) in [6, 6.07) is 4.11. The molecule has 17 heavy (non-hydrogen) atoms. The van der Waals surface area contributed by atoms with Crippen molar-refractivity contribution in [1.82, 2.24) is 0 Å². The second kappa shape index (κ2) is 6.50. The van der Waals surface area contributed by atoms with E-state index in [-0.39, 0.29) is 6.61 Å². The van der Waals surface area contributed by atoms with E-state index in [0.717, 1.165) is 25.1 Å². The largest absolute Gasteiger partial charge is 0.496 e. The van der Waals surface area contributed by atoms with Crippen LogP contribution in [0.1, 0.15) is 24.0 Å². The minimum atomic E-state index is 0.272. The van der Waals surface area contributed by atoms with Gasteiger partial charge in [0.1, 0.15) is 5.75 Å². The molecule has 0 saturated carbocycles. The predicted molar refractivity (Wildman–Crippen MR) is 72.1 cm³/mol. The van der Waals surface area contributed by atoms with Crippen molar-refractivity contribution >= 4 is 5.69 Å². The van der Waals surface area contributed by atoms with Crippen LogP contribution in [0.25, 0.3) is 0 Å². The Bertz CT molecular complexity index is 363. The Balaban J connectivity index is 2.80. The van der Waals surface area contributed by atoms with E-state index in [2.05, 4.69) is 31.9 Å². The van der Waals surface area contributed by atoms with Gasteiger partial charge in [-0.05, 0) is 49.9 Å². The van der Waals surface area contributed by atoms with Gasteiger partial charge in [0.05, 0.1) is 7.11 Å². The molecule has 0 heterocycles. The predicted octanol–water partition coefficient (Wildman–Crippen LogP) is 2.52. The van der Waals surface area contributed by atoms with Gasteiger partial charge in [-0.25, -0.2) is 0 Å². The number of benzene rings is 1. The number of hydrogen-bond donors (Lipinski definition) is 1. The summed E-state index contributed by atoms with van der Waals surface area (Å²) in [5.74, 6) is 0.940. The molecule has 0 aliphatic carbocycles. The lowest BCUT2D eigenvalue weighted by Gasteiger charge is -2.23. The van der Waals surface area contributed by atoms with Crippen LogP contribution in [-0.2, 0) is 0 Å². The summed E-state index contributed by atoms with van der Waals surface area (Å²) in [6.07, 6.45) is 1.87. The van der Waals surface area contributed by atoms with Gasteiger partial charge in [0.25, 0.3) is 0 Å². The van der Waals surface area contributed by atoms with Crippen LogP contribution < -0.4 is 9.64 Å². The van der Waals surface area contributed by atoms with Gasteiger partial charge in [-0.15, -0.1) is 0 Å². The second-order valence-electron chi connectivity index (χ2n) is 4.39. The highest BCUT2D eigenvalue weighted by atomic mass is 16.5. The third-order valence-electron chi connectivity index (χ3n) is 3.24. The molecule has 0 radical (unpaired) electrons. The molecular weight excluding hydrogens is 214 g/mol. The molecule has 0 aliphatic heterocycles. The van der Waals surface area contributed by atoms with Crippen molar-refractivity contribution in [2.75, 3.05) is 32.2 Å². The molecule has 0 atom stereocenters. The number of ether oxygens (including phenoxy) is 1. The van der Waals surface area contributed by atoms with Crippen molar-refractivity contribution in [3.8, 4) is 5.75 Å². The van der Waals surface area contributed by atoms with Crippen molar-refractivity contribution in [3.05, 3.63) is 23.3 Å². The first-order valence-corrected chi connectivity index (χ1v) is 6.08. The molecule has 0 amide bonds. The lowest BCUT2D eigenvalue weighted by atomic mass is 10.1. The summed E-state index contributed by atoms with van der Waals surface area (Å²) in [7, 11) is 3.79. The van der Waals surface area contributed by atoms with Gasteiger partial charge in [0, 0.05) is 25.9 Å². The standard InChI is InChI=1S/C14H23NO2/c1-11-12(2)14(17-4)8-7-13(11)15(3)9-5-6-10-16/h7-8,16H,5-6,9-10H2,1-4H3. The minimum Gasteiger partial charge on any atom is -0.496 e. The first-order valence-electron chi connectivity index (χ1n) is 6.08. The zero-order valence-electron chi connectivity index (χ0n) is 11.3. The number of methoxy groups -OCH3 is 1. The van der Waals surface area contributed by atoms with Crippen LogP contribution in [0.3, 0.4) is 0 Å². The highest BCUT2D eigenvalue weighted by molar-refractivity contribution is 5.59. The van der Waals surface area contributed by atoms with Gasteiger partial charge >= 0.3 is 0 Å². The fourth-order valence-electron chi connectivity index (χ4n) is 2.00. The Morgan fingerprint density at radius 3 is 2.47 bits per heavy atom. The molecule has 0 fully saturated rings. The average molecular weight is 237 g/mol. The van der Waals surface area contributed by atoms with Crippen LogP contribution in [0.5, 0.6) is 5.75 Å². The SMILES string of the molecule is COc1ccc(N(C)CCCCO)c(C)c1C. The molecule has 0 bridgehead atoms. The van der Waals surface area contributed by atoms with Crippen molar-refractivity contribution in [2.45, 2.75) is 26.7 Å². The van der Waals surface area contributed by atoms with Crippen LogP contribution in [0, 0.1) is 13.8 Å². The number of aliphatic hydroxyl groups excluding tert-OH is 1. The third-order valence-corrected chi connectivity index (χ3v) is 3.24. The summed E-state index contributed by atoms with van der Waals surface area (Å²) in [5.41, 5.74) is 3.69. The lowest BCUT2D eigenvalue weighted by molar-refractivity contribution is 0.285. The zero-order valence-corrected chi connectivity index (χ0v) is 11.3. The number of aliphatic hydroxyl groups is 1. The summed E-state index contributed by atoms with van der Waals surface area (Å²) < 4.78 is 5.31. The smallest absolute Gasteiger partial charge is 0.122 e. The molecule has 0 spiro atoms. The number of nitrogens with zero attached hydrogens (tertiary/aromatic N) is 1. The maximum Gasteiger partial charge on any atom is 0.122 e. The van der Waals surface area contributed by atoms with Gasteiger partial charge in [0.2, 0.25) is 0 Å². The summed E-state index contributed by atoms with van der Waals surface area (Å²) in [6.45, 7) is 5.44. The van der Waals surface area contributed by atoms with Crippen LogP contribution in [-0.4, -0.2) is 32.4 Å².